The van der Waals surface area contributed by atoms with Crippen molar-refractivity contribution in [3.8, 4) is 11.5 Å². The maximum Gasteiger partial charge on any atom is 0.315 e. The largest absolute Gasteiger partial charge is 0.481 e. The summed E-state index contributed by atoms with van der Waals surface area (Å²) in [5, 5.41) is 19.6. The predicted molar refractivity (Wildman–Crippen MR) is 123 cm³/mol. The molecule has 1 aromatic carbocycles. The number of nitrogens with one attached hydrogen (secondary N) is 3. The quantitative estimate of drug-likeness (QED) is 0.348. The molecule has 33 heavy (non-hydrogen) atoms. The summed E-state index contributed by atoms with van der Waals surface area (Å²) in [7, 11) is 0. The zero-order chi connectivity index (χ0) is 23.6. The fourth-order valence-electron chi connectivity index (χ4n) is 3.49. The predicted octanol–water partition coefficient (Wildman–Crippen LogP) is 3.56. The number of fused-ring (bicyclic) bond motifs is 1. The van der Waals surface area contributed by atoms with E-state index >= 15 is 0 Å². The number of carbonyl (C=O) groups excluding carboxylic acids is 2. The summed E-state index contributed by atoms with van der Waals surface area (Å²) in [6, 6.07) is 6.73. The maximum atomic E-state index is 12.8. The van der Waals surface area contributed by atoms with Gasteiger partial charge in [0.15, 0.2) is 11.5 Å². The van der Waals surface area contributed by atoms with Crippen molar-refractivity contribution < 1.29 is 29.0 Å². The number of ether oxygens (including phenoxy) is 2. The van der Waals surface area contributed by atoms with Crippen molar-refractivity contribution in [1.29, 1.82) is 0 Å². The van der Waals surface area contributed by atoms with Crippen molar-refractivity contribution in [1.82, 2.24) is 16.0 Å². The van der Waals surface area contributed by atoms with Crippen LogP contribution in [0.5, 0.6) is 11.5 Å². The minimum Gasteiger partial charge on any atom is -0.481 e. The van der Waals surface area contributed by atoms with E-state index < -0.39 is 24.1 Å². The summed E-state index contributed by atoms with van der Waals surface area (Å²) in [4.78, 5) is 38.0. The second-order valence-corrected chi connectivity index (χ2v) is 8.76. The van der Waals surface area contributed by atoms with Crippen LogP contribution in [0.4, 0.5) is 4.79 Å². The fraction of sp³-hybridized carbons (Fsp3) is 0.435. The minimum absolute atomic E-state index is 0.0936. The first kappa shape index (κ1) is 24.4. The Morgan fingerprint density at radius 2 is 1.94 bits per heavy atom. The van der Waals surface area contributed by atoms with Crippen LogP contribution in [0.2, 0.25) is 0 Å². The molecular weight excluding hydrogens is 446 g/mol. The number of hydrogen-bond donors (Lipinski definition) is 4. The number of amides is 3. The zero-order valence-corrected chi connectivity index (χ0v) is 19.3. The fourth-order valence-corrected chi connectivity index (χ4v) is 4.14. The molecule has 1 aliphatic heterocycles. The second-order valence-electron chi connectivity index (χ2n) is 7.73. The van der Waals surface area contributed by atoms with E-state index in [-0.39, 0.29) is 19.1 Å². The van der Waals surface area contributed by atoms with Crippen molar-refractivity contribution >= 4 is 29.2 Å². The molecule has 0 saturated heterocycles. The number of urea groups is 1. The molecular formula is C23H29N3O6S. The summed E-state index contributed by atoms with van der Waals surface area (Å²) in [5.74, 6) is -0.273. The Kier molecular flexibility index (Phi) is 8.94. The number of carbonyl (C=O) groups is 3. The highest BCUT2D eigenvalue weighted by Gasteiger charge is 2.25. The molecule has 0 saturated carbocycles. The first-order chi connectivity index (χ1) is 16.0. The van der Waals surface area contributed by atoms with Crippen LogP contribution in [0.3, 0.4) is 0 Å². The first-order valence-corrected chi connectivity index (χ1v) is 11.8. The van der Waals surface area contributed by atoms with E-state index in [4.69, 9.17) is 9.47 Å². The van der Waals surface area contributed by atoms with Gasteiger partial charge in [0.05, 0.1) is 19.0 Å². The van der Waals surface area contributed by atoms with Crippen molar-refractivity contribution in [2.45, 2.75) is 57.7 Å². The van der Waals surface area contributed by atoms with Crippen LogP contribution in [-0.2, 0) is 16.1 Å². The number of carboxylic acids is 1. The van der Waals surface area contributed by atoms with Gasteiger partial charge in [0.25, 0.3) is 0 Å². The van der Waals surface area contributed by atoms with Crippen LogP contribution in [-0.4, -0.2) is 35.8 Å². The third-order valence-corrected chi connectivity index (χ3v) is 6.09. The average Bonchev–Trinajstić information content (AvgIpc) is 3.47. The lowest BCUT2D eigenvalue weighted by Gasteiger charge is -2.22. The molecule has 0 radical (unpaired) electrons. The third-order valence-electron chi connectivity index (χ3n) is 5.22. The highest BCUT2D eigenvalue weighted by molar-refractivity contribution is 7.09. The van der Waals surface area contributed by atoms with Gasteiger partial charge in [-0.15, -0.1) is 11.3 Å². The number of aliphatic carboxylic acids is 1. The lowest BCUT2D eigenvalue weighted by atomic mass is 10.0. The Labute approximate surface area is 196 Å². The highest BCUT2D eigenvalue weighted by Crippen LogP contribution is 2.34. The smallest absolute Gasteiger partial charge is 0.315 e. The second kappa shape index (κ2) is 12.1. The zero-order valence-electron chi connectivity index (χ0n) is 18.5. The van der Waals surface area contributed by atoms with Gasteiger partial charge in [-0.1, -0.05) is 38.3 Å². The first-order valence-electron chi connectivity index (χ1n) is 10.9. The van der Waals surface area contributed by atoms with E-state index in [1.54, 1.807) is 29.5 Å². The number of carboxylic acid groups (broad SMARTS) is 1. The van der Waals surface area contributed by atoms with Crippen molar-refractivity contribution in [3.63, 3.8) is 0 Å². The molecule has 0 unspecified atom stereocenters. The lowest BCUT2D eigenvalue weighted by molar-refractivity contribution is -0.137. The van der Waals surface area contributed by atoms with Gasteiger partial charge < -0.3 is 30.5 Å². The Morgan fingerprint density at radius 3 is 2.67 bits per heavy atom. The molecule has 0 spiro atoms. The summed E-state index contributed by atoms with van der Waals surface area (Å²) >= 11 is 1.54. The van der Waals surface area contributed by atoms with E-state index in [1.807, 2.05) is 17.5 Å². The molecule has 3 rings (SSSR count). The van der Waals surface area contributed by atoms with Gasteiger partial charge in [0, 0.05) is 4.88 Å². The summed E-state index contributed by atoms with van der Waals surface area (Å²) in [5.41, 5.74) is 0.571. The van der Waals surface area contributed by atoms with E-state index in [0.717, 1.165) is 24.1 Å². The molecule has 0 bridgehead atoms. The molecule has 0 fully saturated rings. The van der Waals surface area contributed by atoms with E-state index in [2.05, 4.69) is 22.9 Å². The van der Waals surface area contributed by atoms with Gasteiger partial charge in [-0.05, 0) is 35.6 Å². The minimum atomic E-state index is -1.06. The molecule has 10 heteroatoms. The van der Waals surface area contributed by atoms with Gasteiger partial charge >= 0.3 is 12.0 Å². The molecule has 178 valence electrons. The van der Waals surface area contributed by atoms with Gasteiger partial charge in [0.1, 0.15) is 6.04 Å². The molecule has 2 aromatic rings. The van der Waals surface area contributed by atoms with Gasteiger partial charge in [-0.25, -0.2) is 4.79 Å². The van der Waals surface area contributed by atoms with E-state index in [1.165, 1.54) is 0 Å². The molecule has 1 aromatic heterocycles. The number of thiophene rings is 1. The van der Waals surface area contributed by atoms with Crippen LogP contribution in [0, 0.1) is 0 Å². The van der Waals surface area contributed by atoms with E-state index in [9.17, 15) is 19.5 Å². The van der Waals surface area contributed by atoms with Gasteiger partial charge in [-0.2, -0.15) is 0 Å². The van der Waals surface area contributed by atoms with Gasteiger partial charge in [-0.3, -0.25) is 9.59 Å². The number of unbranched alkanes of at least 4 members (excludes halogenated alkanes) is 2. The summed E-state index contributed by atoms with van der Waals surface area (Å²) in [6.07, 6.45) is 2.88. The van der Waals surface area contributed by atoms with E-state index in [0.29, 0.717) is 30.0 Å². The lowest BCUT2D eigenvalue weighted by Crippen LogP contribution is -2.50. The standard InChI is InChI=1S/C23H29N3O6S/c1-2-3-4-7-17(22(29)24-13-16-6-5-10-33-16)25-23(30)26-18(12-21(27)28)15-8-9-19-20(11-15)32-14-31-19/h5-6,8-11,17-18H,2-4,7,12-14H2,1H3,(H,24,29)(H,27,28)(H2,25,26,30)/t17-,18-/m0/s1. The van der Waals surface area contributed by atoms with Crippen LogP contribution >= 0.6 is 11.3 Å². The van der Waals surface area contributed by atoms with Crippen LogP contribution in [0.15, 0.2) is 35.7 Å². The Morgan fingerprint density at radius 1 is 1.12 bits per heavy atom. The van der Waals surface area contributed by atoms with Crippen LogP contribution in [0.25, 0.3) is 0 Å². The molecule has 0 aliphatic carbocycles. The maximum absolute atomic E-state index is 12.8. The molecule has 2 heterocycles. The van der Waals surface area contributed by atoms with Crippen LogP contribution < -0.4 is 25.4 Å². The highest BCUT2D eigenvalue weighted by atomic mass is 32.1. The number of benzene rings is 1. The van der Waals surface area contributed by atoms with Crippen molar-refractivity contribution in [3.05, 3.63) is 46.2 Å². The molecule has 4 N–H and O–H groups in total. The normalized spacial score (nSPS) is 13.7. The topological polar surface area (TPSA) is 126 Å². The molecule has 1 aliphatic rings. The number of rotatable bonds is 12. The monoisotopic (exact) mass is 475 g/mol. The van der Waals surface area contributed by atoms with Crippen LogP contribution in [0.1, 0.15) is 55.5 Å². The Bertz CT molecular complexity index is 950. The van der Waals surface area contributed by atoms with Crippen molar-refractivity contribution in [2.24, 2.45) is 0 Å². The number of hydrogen-bond acceptors (Lipinski definition) is 6. The van der Waals surface area contributed by atoms with Crippen molar-refractivity contribution in [2.75, 3.05) is 6.79 Å². The Balaban J connectivity index is 1.64. The summed E-state index contributed by atoms with van der Waals surface area (Å²) in [6.45, 7) is 2.55. The third kappa shape index (κ3) is 7.38. The Hall–Kier alpha value is -3.27. The van der Waals surface area contributed by atoms with Gasteiger partial charge in [0.2, 0.25) is 12.7 Å². The molecule has 9 nitrogen and oxygen atoms in total. The SMILES string of the molecule is CCCCC[C@H](NC(=O)N[C@@H](CC(=O)O)c1ccc2c(c1)OCO2)C(=O)NCc1cccs1. The average molecular weight is 476 g/mol. The summed E-state index contributed by atoms with van der Waals surface area (Å²) < 4.78 is 10.6. The molecule has 3 amide bonds. The molecule has 2 atom stereocenters.